The summed E-state index contributed by atoms with van der Waals surface area (Å²) in [6.45, 7) is 1.88. The van der Waals surface area contributed by atoms with Crippen LogP contribution in [0.1, 0.15) is 7.43 Å². The molecule has 0 aromatic heterocycles. The van der Waals surface area contributed by atoms with Gasteiger partial charge in [0.15, 0.2) is 0 Å². The molecule has 42 heavy (non-hydrogen) atoms. The van der Waals surface area contributed by atoms with Crippen LogP contribution in [0.4, 0.5) is 16.2 Å². The molecule has 2 aliphatic heterocycles. The van der Waals surface area contributed by atoms with E-state index in [1.165, 1.54) is 35.2 Å². The number of anilines is 2. The van der Waals surface area contributed by atoms with Gasteiger partial charge in [-0.1, -0.05) is 43.8 Å². The number of amides is 1. The maximum atomic E-state index is 12.6. The molecule has 220 valence electrons. The van der Waals surface area contributed by atoms with Crippen LogP contribution in [0.15, 0.2) is 117 Å². The van der Waals surface area contributed by atoms with Crippen molar-refractivity contribution in [1.82, 2.24) is 0 Å². The lowest BCUT2D eigenvalue weighted by Crippen LogP contribution is -2.34. The number of nitrogens with one attached hydrogen (secondary N) is 1. The Morgan fingerprint density at radius 2 is 1.21 bits per heavy atom. The number of fused-ring (bicyclic) bond motifs is 2. The molecule has 0 atom stereocenters. The van der Waals surface area contributed by atoms with Gasteiger partial charge in [-0.15, -0.1) is 0 Å². The first kappa shape index (κ1) is 30.9. The smallest absolute Gasteiger partial charge is 0.321 e. The van der Waals surface area contributed by atoms with E-state index in [-0.39, 0.29) is 28.7 Å². The topological polar surface area (TPSA) is 119 Å². The number of halogens is 1. The van der Waals surface area contributed by atoms with Crippen LogP contribution < -0.4 is 19.7 Å². The van der Waals surface area contributed by atoms with Crippen molar-refractivity contribution in [3.63, 3.8) is 0 Å². The van der Waals surface area contributed by atoms with Gasteiger partial charge in [0.05, 0.1) is 37.5 Å². The van der Waals surface area contributed by atoms with Crippen LogP contribution in [0.25, 0.3) is 0 Å². The van der Waals surface area contributed by atoms with Crippen molar-refractivity contribution in [2.45, 2.75) is 27.0 Å². The summed E-state index contributed by atoms with van der Waals surface area (Å²) in [5, 5.41) is 2.54. The number of carbonyl (C=O) groups is 1. The lowest BCUT2D eigenvalue weighted by atomic mass is 10.2. The predicted octanol–water partition coefficient (Wildman–Crippen LogP) is 6.04. The second-order valence-electron chi connectivity index (χ2n) is 8.95. The van der Waals surface area contributed by atoms with Gasteiger partial charge in [0.2, 0.25) is 19.7 Å². The van der Waals surface area contributed by atoms with Gasteiger partial charge in [-0.25, -0.2) is 16.8 Å². The zero-order chi connectivity index (χ0) is 29.0. The minimum atomic E-state index is -3.63. The van der Waals surface area contributed by atoms with E-state index in [4.69, 9.17) is 21.1 Å². The minimum Gasteiger partial charge on any atom is -0.490 e. The number of sulfone groups is 2. The number of hydrogen-bond donors (Lipinski definition) is 1. The van der Waals surface area contributed by atoms with Crippen molar-refractivity contribution >= 4 is 48.0 Å². The van der Waals surface area contributed by atoms with Crippen molar-refractivity contribution in [1.29, 1.82) is 0 Å². The second kappa shape index (κ2) is 12.8. The number of carbonyl (C=O) groups excluding carboxylic acids is 1. The molecule has 9 nitrogen and oxygen atoms in total. The molecule has 0 saturated carbocycles. The molecule has 1 amide bonds. The fourth-order valence-corrected chi connectivity index (χ4v) is 7.07. The van der Waals surface area contributed by atoms with E-state index < -0.39 is 25.0 Å². The summed E-state index contributed by atoms with van der Waals surface area (Å²) in [6, 6.07) is 25.8. The third kappa shape index (κ3) is 6.38. The molecule has 1 N–H and O–H groups in total. The van der Waals surface area contributed by atoms with E-state index in [2.05, 4.69) is 5.32 Å². The molecule has 2 heterocycles. The Morgan fingerprint density at radius 3 is 1.79 bits per heavy atom. The van der Waals surface area contributed by atoms with Crippen molar-refractivity contribution in [3.8, 4) is 11.5 Å². The van der Waals surface area contributed by atoms with Gasteiger partial charge in [-0.3, -0.25) is 9.69 Å². The Hall–Kier alpha value is -4.06. The third-order valence-corrected chi connectivity index (χ3v) is 10.1. The minimum absolute atomic E-state index is 0. The van der Waals surface area contributed by atoms with Crippen molar-refractivity contribution in [2.75, 3.05) is 36.5 Å². The van der Waals surface area contributed by atoms with Crippen LogP contribution >= 0.6 is 11.6 Å². The SMILES string of the molecule is C.O=C(Cl)N1CCOc2cc(S(=O)(=O)c3ccccc3)ccc21.O=S(=O)(c1ccccc1)c1ccc2c(c1)OCCN2. The van der Waals surface area contributed by atoms with Gasteiger partial charge in [0.1, 0.15) is 24.7 Å². The first-order valence-electron chi connectivity index (χ1n) is 12.5. The zero-order valence-corrected chi connectivity index (χ0v) is 24.0. The van der Waals surface area contributed by atoms with Gasteiger partial charge in [-0.05, 0) is 60.1 Å². The molecule has 4 aromatic carbocycles. The summed E-state index contributed by atoms with van der Waals surface area (Å²) in [6.07, 6.45) is 0. The fraction of sp³-hybridized carbons (Fsp3) is 0.167. The van der Waals surface area contributed by atoms with E-state index in [0.717, 1.165) is 12.2 Å². The summed E-state index contributed by atoms with van der Waals surface area (Å²) in [5.74, 6) is 0.917. The second-order valence-corrected chi connectivity index (χ2v) is 13.2. The summed E-state index contributed by atoms with van der Waals surface area (Å²) in [4.78, 5) is 13.6. The third-order valence-electron chi connectivity index (χ3n) is 6.36. The molecular weight excluding hydrogens is 600 g/mol. The Kier molecular flexibility index (Phi) is 9.45. The molecule has 4 aromatic rings. The van der Waals surface area contributed by atoms with Crippen molar-refractivity contribution < 1.29 is 31.1 Å². The van der Waals surface area contributed by atoms with Crippen LogP contribution in [0, 0.1) is 0 Å². The zero-order valence-electron chi connectivity index (χ0n) is 21.6. The first-order chi connectivity index (χ1) is 19.7. The van der Waals surface area contributed by atoms with Crippen LogP contribution in [0.2, 0.25) is 0 Å². The Labute approximate surface area is 250 Å². The molecule has 2 aliphatic rings. The van der Waals surface area contributed by atoms with Crippen LogP contribution in [-0.4, -0.2) is 48.5 Å². The molecule has 12 heteroatoms. The van der Waals surface area contributed by atoms with Gasteiger partial charge < -0.3 is 14.8 Å². The Morgan fingerprint density at radius 1 is 0.690 bits per heavy atom. The number of nitrogens with zero attached hydrogens (tertiary/aromatic N) is 1. The highest BCUT2D eigenvalue weighted by Crippen LogP contribution is 2.36. The fourth-order valence-electron chi connectivity index (χ4n) is 4.30. The number of benzene rings is 4. The molecule has 0 aliphatic carbocycles. The van der Waals surface area contributed by atoms with E-state index in [9.17, 15) is 21.6 Å². The van der Waals surface area contributed by atoms with E-state index >= 15 is 0 Å². The Bertz CT molecular complexity index is 1780. The highest BCUT2D eigenvalue weighted by molar-refractivity contribution is 7.91. The molecule has 0 saturated heterocycles. The highest BCUT2D eigenvalue weighted by Gasteiger charge is 2.26. The normalized spacial score (nSPS) is 13.8. The van der Waals surface area contributed by atoms with Gasteiger partial charge in [-0.2, -0.15) is 0 Å². The summed E-state index contributed by atoms with van der Waals surface area (Å²) in [7, 11) is -7.11. The lowest BCUT2D eigenvalue weighted by molar-refractivity contribution is 0.257. The molecule has 0 unspecified atom stereocenters. The average molecular weight is 629 g/mol. The molecule has 0 bridgehead atoms. The van der Waals surface area contributed by atoms with Crippen LogP contribution in [0.5, 0.6) is 11.5 Å². The molecule has 0 radical (unpaired) electrons. The van der Waals surface area contributed by atoms with E-state index in [1.807, 2.05) is 0 Å². The lowest BCUT2D eigenvalue weighted by Gasteiger charge is -2.27. The Balaban J connectivity index is 0.000000190. The van der Waals surface area contributed by atoms with Gasteiger partial charge >= 0.3 is 5.37 Å². The maximum Gasteiger partial charge on any atom is 0.321 e. The van der Waals surface area contributed by atoms with Crippen LogP contribution in [0.3, 0.4) is 0 Å². The number of hydrogen-bond acceptors (Lipinski definition) is 8. The van der Waals surface area contributed by atoms with Crippen molar-refractivity contribution in [3.05, 3.63) is 97.1 Å². The van der Waals surface area contributed by atoms with Gasteiger partial charge in [0.25, 0.3) is 0 Å². The quantitative estimate of drug-likeness (QED) is 0.215. The summed E-state index contributed by atoms with van der Waals surface area (Å²) in [5.41, 5.74) is 1.30. The first-order valence-corrected chi connectivity index (χ1v) is 15.9. The summed E-state index contributed by atoms with van der Waals surface area (Å²) >= 11 is 5.52. The van der Waals surface area contributed by atoms with Crippen LogP contribution in [-0.2, 0) is 19.7 Å². The van der Waals surface area contributed by atoms with Crippen molar-refractivity contribution in [2.24, 2.45) is 0 Å². The summed E-state index contributed by atoms with van der Waals surface area (Å²) < 4.78 is 61.0. The molecule has 0 fully saturated rings. The molecule has 0 spiro atoms. The van der Waals surface area contributed by atoms with E-state index in [1.54, 1.807) is 66.7 Å². The monoisotopic (exact) mass is 628 g/mol. The van der Waals surface area contributed by atoms with Gasteiger partial charge in [0, 0.05) is 18.7 Å². The molecule has 6 rings (SSSR count). The number of rotatable bonds is 4. The average Bonchev–Trinajstić information content (AvgIpc) is 3.01. The number of ether oxygens (including phenoxy) is 2. The standard InChI is InChI=1S/C15H12ClNO4S.C14H13NO3S.CH4/c16-15(18)17-8-9-21-14-10-12(6-7-13(14)17)22(19,20)11-4-2-1-3-5-11;16-19(17,11-4-2-1-3-5-11)12-6-7-13-14(10-12)18-9-8-15-13;/h1-7,10H,8-9H2;1-7,10,15H,8-9H2;1H4. The highest BCUT2D eigenvalue weighted by atomic mass is 35.5. The largest absolute Gasteiger partial charge is 0.490 e. The maximum absolute atomic E-state index is 12.6. The predicted molar refractivity (Wildman–Crippen MR) is 161 cm³/mol. The van der Waals surface area contributed by atoms with E-state index in [0.29, 0.717) is 35.2 Å². The molecular formula is C30H29ClN2O7S2.